The zero-order valence-electron chi connectivity index (χ0n) is 7.63. The number of thioether (sulfide) groups is 1. The van der Waals surface area contributed by atoms with Crippen molar-refractivity contribution in [2.24, 2.45) is 0 Å². The van der Waals surface area contributed by atoms with Crippen molar-refractivity contribution in [3.63, 3.8) is 0 Å². The van der Waals surface area contributed by atoms with Crippen molar-refractivity contribution in [1.29, 1.82) is 0 Å². The molecule has 70 valence electrons. The Kier molecular flexibility index (Phi) is 2.43. The van der Waals surface area contributed by atoms with Crippen LogP contribution in [0.15, 0.2) is 12.1 Å². The highest BCUT2D eigenvalue weighted by molar-refractivity contribution is 8.00. The van der Waals surface area contributed by atoms with E-state index in [2.05, 4.69) is 26.0 Å². The van der Waals surface area contributed by atoms with Crippen LogP contribution in [-0.4, -0.2) is 4.90 Å². The van der Waals surface area contributed by atoms with Crippen LogP contribution in [0.25, 0.3) is 0 Å². The Balaban J connectivity index is 2.47. The summed E-state index contributed by atoms with van der Waals surface area (Å²) in [6, 6.07) is 4.29. The Hall–Kier alpha value is -0.340. The molecule has 1 aliphatic rings. The van der Waals surface area contributed by atoms with E-state index in [0.717, 1.165) is 11.5 Å². The number of hydrogen-bond acceptors (Lipinski definition) is 2. The second-order valence-corrected chi connectivity index (χ2v) is 4.98. The fraction of sp³-hybridized carbons (Fsp3) is 0.400. The lowest BCUT2D eigenvalue weighted by atomic mass is 10.1. The van der Waals surface area contributed by atoms with Crippen molar-refractivity contribution in [1.82, 2.24) is 0 Å². The molecule has 0 fully saturated rings. The molecule has 0 bridgehead atoms. The Morgan fingerprint density at radius 3 is 3.00 bits per heavy atom. The topological polar surface area (TPSA) is 9.23 Å². The maximum atomic E-state index is 5.90. The lowest BCUT2D eigenvalue weighted by Gasteiger charge is -2.23. The Morgan fingerprint density at radius 1 is 1.46 bits per heavy atom. The molecular formula is C10H11ClOS. The average molecular weight is 215 g/mol. The molecule has 0 aromatic heterocycles. The van der Waals surface area contributed by atoms with Crippen molar-refractivity contribution in [3.8, 4) is 5.75 Å². The van der Waals surface area contributed by atoms with Gasteiger partial charge in [0.25, 0.3) is 0 Å². The van der Waals surface area contributed by atoms with Crippen LogP contribution in [0, 0.1) is 13.8 Å². The molecule has 0 saturated carbocycles. The predicted molar refractivity (Wildman–Crippen MR) is 57.5 cm³/mol. The highest BCUT2D eigenvalue weighted by atomic mass is 35.5. The molecule has 2 rings (SSSR count). The van der Waals surface area contributed by atoms with Gasteiger partial charge in [-0.2, -0.15) is 0 Å². The summed E-state index contributed by atoms with van der Waals surface area (Å²) in [4.78, 5) is -0.228. The minimum atomic E-state index is -0.228. The van der Waals surface area contributed by atoms with E-state index in [1.54, 1.807) is 11.8 Å². The number of halogens is 1. The largest absolute Gasteiger partial charge is 0.465 e. The molecule has 1 aliphatic heterocycles. The summed E-state index contributed by atoms with van der Waals surface area (Å²) in [5.41, 5.74) is 3.73. The second-order valence-electron chi connectivity index (χ2n) is 3.27. The van der Waals surface area contributed by atoms with Gasteiger partial charge in [0.1, 0.15) is 5.75 Å². The van der Waals surface area contributed by atoms with Crippen LogP contribution >= 0.6 is 23.4 Å². The third-order valence-electron chi connectivity index (χ3n) is 2.08. The van der Waals surface area contributed by atoms with Gasteiger partial charge in [-0.25, -0.2) is 0 Å². The van der Waals surface area contributed by atoms with Gasteiger partial charge < -0.3 is 4.74 Å². The second kappa shape index (κ2) is 3.43. The van der Waals surface area contributed by atoms with E-state index in [-0.39, 0.29) is 4.90 Å². The van der Waals surface area contributed by atoms with E-state index in [9.17, 15) is 0 Å². The molecular weight excluding hydrogens is 204 g/mol. The first-order valence-corrected chi connectivity index (χ1v) is 5.68. The molecule has 0 N–H and O–H groups in total. The fourth-order valence-electron chi connectivity index (χ4n) is 1.60. The summed E-state index contributed by atoms with van der Waals surface area (Å²) in [6.45, 7) is 4.16. The van der Waals surface area contributed by atoms with E-state index < -0.39 is 0 Å². The first-order chi connectivity index (χ1) is 6.16. The van der Waals surface area contributed by atoms with E-state index >= 15 is 0 Å². The van der Waals surface area contributed by atoms with E-state index in [4.69, 9.17) is 16.3 Å². The zero-order chi connectivity index (χ0) is 9.42. The highest BCUT2D eigenvalue weighted by Crippen LogP contribution is 2.37. The van der Waals surface area contributed by atoms with Crippen molar-refractivity contribution in [2.45, 2.75) is 24.5 Å². The predicted octanol–water partition coefficient (Wildman–Crippen LogP) is 3.45. The van der Waals surface area contributed by atoms with Gasteiger partial charge in [-0.3, -0.25) is 0 Å². The molecule has 1 nitrogen and oxygen atoms in total. The summed E-state index contributed by atoms with van der Waals surface area (Å²) in [5, 5.41) is 0. The molecule has 1 aromatic carbocycles. The summed E-state index contributed by atoms with van der Waals surface area (Å²) >= 11 is 7.52. The third kappa shape index (κ3) is 1.79. The van der Waals surface area contributed by atoms with Gasteiger partial charge in [0, 0.05) is 11.3 Å². The van der Waals surface area contributed by atoms with Gasteiger partial charge in [-0.15, -0.1) is 0 Å². The average Bonchev–Trinajstić information content (AvgIpc) is 2.06. The summed E-state index contributed by atoms with van der Waals surface area (Å²) < 4.78 is 5.55. The highest BCUT2D eigenvalue weighted by Gasteiger charge is 2.19. The van der Waals surface area contributed by atoms with Crippen molar-refractivity contribution in [3.05, 3.63) is 28.8 Å². The Labute approximate surface area is 87.4 Å². The van der Waals surface area contributed by atoms with Gasteiger partial charge in [-0.05, 0) is 19.4 Å². The molecule has 0 saturated heterocycles. The number of rotatable bonds is 0. The Bertz CT molecular complexity index is 338. The monoisotopic (exact) mass is 214 g/mol. The van der Waals surface area contributed by atoms with Gasteiger partial charge in [-0.1, -0.05) is 41.1 Å². The maximum absolute atomic E-state index is 5.90. The third-order valence-corrected chi connectivity index (χ3v) is 3.38. The lowest BCUT2D eigenvalue weighted by Crippen LogP contribution is -2.12. The summed E-state index contributed by atoms with van der Waals surface area (Å²) in [7, 11) is 0. The molecule has 3 heteroatoms. The number of alkyl halides is 1. The van der Waals surface area contributed by atoms with Gasteiger partial charge >= 0.3 is 0 Å². The number of hydrogen-bond donors (Lipinski definition) is 0. The lowest BCUT2D eigenvalue weighted by molar-refractivity contribution is 0.349. The molecule has 0 amide bonds. The minimum absolute atomic E-state index is 0.228. The molecule has 0 radical (unpaired) electrons. The molecule has 1 unspecified atom stereocenters. The van der Waals surface area contributed by atoms with Crippen LogP contribution in [0.1, 0.15) is 16.7 Å². The smallest absolute Gasteiger partial charge is 0.219 e. The number of fused-ring (bicyclic) bond motifs is 1. The van der Waals surface area contributed by atoms with Gasteiger partial charge in [0.2, 0.25) is 4.90 Å². The quantitative estimate of drug-likeness (QED) is 0.612. The minimum Gasteiger partial charge on any atom is -0.465 e. The first kappa shape index (κ1) is 9.22. The van der Waals surface area contributed by atoms with Gasteiger partial charge in [0.05, 0.1) is 0 Å². The molecule has 1 aromatic rings. The Morgan fingerprint density at radius 2 is 2.23 bits per heavy atom. The first-order valence-electron chi connectivity index (χ1n) is 4.19. The normalized spacial score (nSPS) is 20.7. The molecule has 1 atom stereocenters. The number of aryl methyl sites for hydroxylation is 2. The van der Waals surface area contributed by atoms with E-state index in [0.29, 0.717) is 0 Å². The van der Waals surface area contributed by atoms with Crippen LogP contribution in [0.2, 0.25) is 0 Å². The molecule has 1 heterocycles. The SMILES string of the molecule is Cc1cc(C)c2c(c1)CSC(Cl)O2. The van der Waals surface area contributed by atoms with E-state index in [1.807, 2.05) is 0 Å². The van der Waals surface area contributed by atoms with E-state index in [1.165, 1.54) is 16.7 Å². The van der Waals surface area contributed by atoms with Crippen molar-refractivity contribution >= 4 is 23.4 Å². The van der Waals surface area contributed by atoms with Gasteiger partial charge in [0.15, 0.2) is 0 Å². The van der Waals surface area contributed by atoms with Crippen molar-refractivity contribution in [2.75, 3.05) is 0 Å². The van der Waals surface area contributed by atoms with Crippen LogP contribution in [-0.2, 0) is 5.75 Å². The molecule has 13 heavy (non-hydrogen) atoms. The van der Waals surface area contributed by atoms with Crippen molar-refractivity contribution < 1.29 is 4.74 Å². The standard InChI is InChI=1S/C10H11ClOS/c1-6-3-7(2)9-8(4-6)5-13-10(11)12-9/h3-4,10H,5H2,1-2H3. The molecule has 0 aliphatic carbocycles. The summed E-state index contributed by atoms with van der Waals surface area (Å²) in [6.07, 6.45) is 0. The number of benzene rings is 1. The van der Waals surface area contributed by atoms with Crippen LogP contribution in [0.4, 0.5) is 0 Å². The maximum Gasteiger partial charge on any atom is 0.219 e. The number of ether oxygens (including phenoxy) is 1. The van der Waals surface area contributed by atoms with Crippen LogP contribution in [0.3, 0.4) is 0 Å². The molecule has 0 spiro atoms. The fourth-order valence-corrected chi connectivity index (χ4v) is 2.57. The zero-order valence-corrected chi connectivity index (χ0v) is 9.21. The summed E-state index contributed by atoms with van der Waals surface area (Å²) in [5.74, 6) is 1.93. The van der Waals surface area contributed by atoms with Crippen LogP contribution in [0.5, 0.6) is 5.75 Å². The van der Waals surface area contributed by atoms with Crippen LogP contribution < -0.4 is 4.74 Å².